The van der Waals surface area contributed by atoms with Gasteiger partial charge in [-0.1, -0.05) is 24.6 Å². The number of carbonyl (C=O) groups excluding carboxylic acids is 1. The highest BCUT2D eigenvalue weighted by Gasteiger charge is 2.38. The van der Waals surface area contributed by atoms with E-state index in [2.05, 4.69) is 33.8 Å². The van der Waals surface area contributed by atoms with Crippen LogP contribution in [0.4, 0.5) is 5.82 Å². The Bertz CT molecular complexity index is 1050. The number of hydrogen-bond donors (Lipinski definition) is 3. The molecule has 3 atom stereocenters. The monoisotopic (exact) mass is 465 g/mol. The molecule has 3 unspecified atom stereocenters. The second-order valence-electron chi connectivity index (χ2n) is 9.20. The second kappa shape index (κ2) is 9.87. The summed E-state index contributed by atoms with van der Waals surface area (Å²) >= 11 is 0. The molecule has 9 heteroatoms. The SMILES string of the molecule is O=C(O)CC(c1ccc2c(n1)NCCO2)N1CCC(CCCC2C=CC3=CCCNC3=N2)C1=O. The molecule has 4 aliphatic heterocycles. The number of carbonyl (C=O) groups is 2. The average molecular weight is 466 g/mol. The smallest absolute Gasteiger partial charge is 0.305 e. The zero-order chi connectivity index (χ0) is 23.5. The van der Waals surface area contributed by atoms with Crippen LogP contribution >= 0.6 is 0 Å². The molecule has 0 spiro atoms. The van der Waals surface area contributed by atoms with Crippen LogP contribution in [0.25, 0.3) is 0 Å². The van der Waals surface area contributed by atoms with Crippen LogP contribution in [-0.2, 0) is 9.59 Å². The van der Waals surface area contributed by atoms with Crippen molar-refractivity contribution in [2.45, 2.75) is 50.6 Å². The van der Waals surface area contributed by atoms with Crippen molar-refractivity contribution in [2.24, 2.45) is 10.9 Å². The zero-order valence-corrected chi connectivity index (χ0v) is 19.2. The van der Waals surface area contributed by atoms with Crippen LogP contribution in [0, 0.1) is 5.92 Å². The number of dihydropyridines is 1. The maximum absolute atomic E-state index is 13.3. The van der Waals surface area contributed by atoms with Crippen LogP contribution < -0.4 is 15.4 Å². The summed E-state index contributed by atoms with van der Waals surface area (Å²) in [6, 6.07) is 3.13. The predicted octanol–water partition coefficient (Wildman–Crippen LogP) is 2.68. The fourth-order valence-corrected chi connectivity index (χ4v) is 5.14. The van der Waals surface area contributed by atoms with Gasteiger partial charge in [0, 0.05) is 24.6 Å². The number of hydrogen-bond acceptors (Lipinski definition) is 7. The number of nitrogens with one attached hydrogen (secondary N) is 2. The first-order chi connectivity index (χ1) is 16.6. The molecule has 5 heterocycles. The molecule has 1 amide bonds. The summed E-state index contributed by atoms with van der Waals surface area (Å²) in [5.74, 6) is 1.24. The summed E-state index contributed by atoms with van der Waals surface area (Å²) in [6.45, 7) is 2.69. The molecule has 9 nitrogen and oxygen atoms in total. The molecule has 5 rings (SSSR count). The minimum atomic E-state index is -0.946. The molecule has 34 heavy (non-hydrogen) atoms. The van der Waals surface area contributed by atoms with E-state index in [9.17, 15) is 14.7 Å². The highest BCUT2D eigenvalue weighted by molar-refractivity contribution is 6.02. The number of amidine groups is 1. The third-order valence-electron chi connectivity index (χ3n) is 6.89. The van der Waals surface area contributed by atoms with Gasteiger partial charge >= 0.3 is 5.97 Å². The van der Waals surface area contributed by atoms with Crippen LogP contribution in [0.1, 0.15) is 50.3 Å². The van der Waals surface area contributed by atoms with Gasteiger partial charge in [0.25, 0.3) is 0 Å². The molecular weight excluding hydrogens is 434 g/mol. The third-order valence-corrected chi connectivity index (χ3v) is 6.89. The fraction of sp³-hybridized carbons (Fsp3) is 0.520. The Balaban J connectivity index is 1.21. The number of rotatable bonds is 8. The average Bonchev–Trinajstić information content (AvgIpc) is 3.22. The van der Waals surface area contributed by atoms with Gasteiger partial charge in [0.15, 0.2) is 11.6 Å². The number of aromatic nitrogens is 1. The van der Waals surface area contributed by atoms with Gasteiger partial charge in [-0.05, 0) is 37.8 Å². The number of aliphatic imine (C=N–C) groups is 1. The van der Waals surface area contributed by atoms with Crippen molar-refractivity contribution in [1.29, 1.82) is 0 Å². The largest absolute Gasteiger partial charge is 0.488 e. The standard InChI is InChI=1S/C25H31N5O4/c31-22(32)15-20(19-8-9-21-24(29-19)27-12-14-34-21)30-13-10-17(25(30)33)3-1-5-18-7-6-16-4-2-11-26-23(16)28-18/h4,6-9,17-18,20H,1-3,5,10-15H2,(H,26,28)(H,27,29)(H,31,32). The van der Waals surface area contributed by atoms with Crippen molar-refractivity contribution >= 4 is 23.5 Å². The molecule has 1 saturated heterocycles. The van der Waals surface area contributed by atoms with Crippen molar-refractivity contribution in [3.05, 3.63) is 41.6 Å². The van der Waals surface area contributed by atoms with E-state index in [0.29, 0.717) is 37.0 Å². The second-order valence-corrected chi connectivity index (χ2v) is 9.20. The van der Waals surface area contributed by atoms with Crippen molar-refractivity contribution in [1.82, 2.24) is 15.2 Å². The number of pyridine rings is 1. The summed E-state index contributed by atoms with van der Waals surface area (Å²) < 4.78 is 5.58. The first-order valence-corrected chi connectivity index (χ1v) is 12.2. The summed E-state index contributed by atoms with van der Waals surface area (Å²) in [4.78, 5) is 36.0. The van der Waals surface area contributed by atoms with Gasteiger partial charge in [-0.15, -0.1) is 0 Å². The molecule has 0 aliphatic carbocycles. The van der Waals surface area contributed by atoms with Gasteiger partial charge < -0.3 is 25.4 Å². The van der Waals surface area contributed by atoms with Crippen molar-refractivity contribution in [3.63, 3.8) is 0 Å². The van der Waals surface area contributed by atoms with E-state index in [0.717, 1.165) is 44.5 Å². The highest BCUT2D eigenvalue weighted by Crippen LogP contribution is 2.35. The Labute approximate surface area is 199 Å². The van der Waals surface area contributed by atoms with Crippen LogP contribution in [0.5, 0.6) is 5.75 Å². The first-order valence-electron chi connectivity index (χ1n) is 12.2. The Morgan fingerprint density at radius 2 is 2.18 bits per heavy atom. The summed E-state index contributed by atoms with van der Waals surface area (Å²) in [5, 5.41) is 16.1. The van der Waals surface area contributed by atoms with E-state index in [1.807, 2.05) is 0 Å². The van der Waals surface area contributed by atoms with Crippen LogP contribution in [0.15, 0.2) is 40.9 Å². The lowest BCUT2D eigenvalue weighted by molar-refractivity contribution is -0.140. The van der Waals surface area contributed by atoms with E-state index in [1.54, 1.807) is 17.0 Å². The molecule has 0 radical (unpaired) electrons. The van der Waals surface area contributed by atoms with Crippen molar-refractivity contribution in [2.75, 3.05) is 31.6 Å². The van der Waals surface area contributed by atoms with E-state index in [-0.39, 0.29) is 24.3 Å². The van der Waals surface area contributed by atoms with E-state index in [4.69, 9.17) is 9.73 Å². The zero-order valence-electron chi connectivity index (χ0n) is 19.2. The van der Waals surface area contributed by atoms with Gasteiger partial charge in [0.2, 0.25) is 5.91 Å². The number of fused-ring (bicyclic) bond motifs is 2. The van der Waals surface area contributed by atoms with E-state index < -0.39 is 12.0 Å². The molecule has 1 aromatic heterocycles. The van der Waals surface area contributed by atoms with Gasteiger partial charge in [-0.25, -0.2) is 4.98 Å². The number of aliphatic carboxylic acids is 1. The topological polar surface area (TPSA) is 116 Å². The molecule has 0 aromatic carbocycles. The molecule has 1 aromatic rings. The minimum Gasteiger partial charge on any atom is -0.488 e. The quantitative estimate of drug-likeness (QED) is 0.540. The number of amides is 1. The maximum atomic E-state index is 13.3. The lowest BCUT2D eigenvalue weighted by Gasteiger charge is -2.28. The van der Waals surface area contributed by atoms with Crippen molar-refractivity contribution in [3.8, 4) is 5.75 Å². The summed E-state index contributed by atoms with van der Waals surface area (Å²) in [6.07, 6.45) is 10.7. The summed E-state index contributed by atoms with van der Waals surface area (Å²) in [7, 11) is 0. The Morgan fingerprint density at radius 3 is 3.06 bits per heavy atom. The molecule has 1 fully saturated rings. The first kappa shape index (κ1) is 22.4. The summed E-state index contributed by atoms with van der Waals surface area (Å²) in [5.41, 5.74) is 1.76. The maximum Gasteiger partial charge on any atom is 0.305 e. The Morgan fingerprint density at radius 1 is 1.26 bits per heavy atom. The highest BCUT2D eigenvalue weighted by atomic mass is 16.5. The van der Waals surface area contributed by atoms with Crippen LogP contribution in [0.2, 0.25) is 0 Å². The molecule has 180 valence electrons. The fourth-order valence-electron chi connectivity index (χ4n) is 5.14. The van der Waals surface area contributed by atoms with Gasteiger partial charge in [0.1, 0.15) is 12.4 Å². The van der Waals surface area contributed by atoms with Crippen molar-refractivity contribution < 1.29 is 19.4 Å². The number of carboxylic acid groups (broad SMARTS) is 1. The lowest BCUT2D eigenvalue weighted by atomic mass is 9.96. The number of ether oxygens (including phenoxy) is 1. The minimum absolute atomic E-state index is 0.0275. The molecule has 3 N–H and O–H groups in total. The molecule has 0 bridgehead atoms. The number of carboxylic acids is 1. The Kier molecular flexibility index (Phi) is 6.51. The van der Waals surface area contributed by atoms with Crippen LogP contribution in [0.3, 0.4) is 0 Å². The van der Waals surface area contributed by atoms with Gasteiger partial charge in [-0.2, -0.15) is 0 Å². The van der Waals surface area contributed by atoms with Gasteiger partial charge in [-0.3, -0.25) is 14.6 Å². The van der Waals surface area contributed by atoms with E-state index in [1.165, 1.54) is 5.57 Å². The number of anilines is 1. The lowest BCUT2D eigenvalue weighted by Crippen LogP contribution is -2.34. The van der Waals surface area contributed by atoms with Crippen LogP contribution in [-0.4, -0.2) is 65.0 Å². The molecule has 0 saturated carbocycles. The number of likely N-dealkylation sites (tertiary alicyclic amines) is 1. The molecule has 4 aliphatic rings. The Hall–Kier alpha value is -3.36. The molecular formula is C25H31N5O4. The number of nitrogens with zero attached hydrogens (tertiary/aromatic N) is 3. The normalized spacial score (nSPS) is 24.1. The third kappa shape index (κ3) is 4.78. The van der Waals surface area contributed by atoms with Gasteiger partial charge in [0.05, 0.1) is 30.7 Å². The predicted molar refractivity (Wildman–Crippen MR) is 128 cm³/mol. The van der Waals surface area contributed by atoms with E-state index >= 15 is 0 Å².